The summed E-state index contributed by atoms with van der Waals surface area (Å²) in [6.45, 7) is 7.21. The van der Waals surface area contributed by atoms with Crippen molar-refractivity contribution in [3.63, 3.8) is 0 Å². The van der Waals surface area contributed by atoms with Gasteiger partial charge >= 0.3 is 5.69 Å². The summed E-state index contributed by atoms with van der Waals surface area (Å²) >= 11 is 0. The number of nitro groups is 1. The molecular weight excluding hydrogens is 248 g/mol. The van der Waals surface area contributed by atoms with Gasteiger partial charge in [0.05, 0.1) is 11.0 Å². The molecule has 1 fully saturated rings. The van der Waals surface area contributed by atoms with E-state index in [1.54, 1.807) is 11.6 Å². The fraction of sp³-hybridized carbons (Fsp3) is 0.750. The topological polar surface area (TPSA) is 82.2 Å². The maximum atomic E-state index is 11.2. The number of piperidine rings is 1. The van der Waals surface area contributed by atoms with Gasteiger partial charge in [-0.3, -0.25) is 10.1 Å². The van der Waals surface area contributed by atoms with E-state index in [2.05, 4.69) is 10.4 Å². The predicted molar refractivity (Wildman–Crippen MR) is 70.5 cm³/mol. The first-order valence-electron chi connectivity index (χ1n) is 6.61. The number of ether oxygens (including phenoxy) is 1. The van der Waals surface area contributed by atoms with Crippen molar-refractivity contribution < 1.29 is 9.66 Å². The number of nitrogens with one attached hydrogen (secondary N) is 1. The Morgan fingerprint density at radius 1 is 1.58 bits per heavy atom. The molecule has 19 heavy (non-hydrogen) atoms. The second kappa shape index (κ2) is 5.56. The molecule has 1 unspecified atom stereocenters. The Morgan fingerprint density at radius 2 is 2.32 bits per heavy atom. The first kappa shape index (κ1) is 13.8. The molecule has 0 aliphatic carbocycles. The third-order valence-corrected chi connectivity index (χ3v) is 3.21. The van der Waals surface area contributed by atoms with Crippen molar-refractivity contribution in [3.8, 4) is 5.88 Å². The van der Waals surface area contributed by atoms with Gasteiger partial charge in [0, 0.05) is 6.54 Å². The molecule has 1 aliphatic heterocycles. The second-order valence-corrected chi connectivity index (χ2v) is 5.12. The first-order valence-corrected chi connectivity index (χ1v) is 6.61. The molecule has 1 aromatic rings. The average Bonchev–Trinajstić information content (AvgIpc) is 2.67. The van der Waals surface area contributed by atoms with Gasteiger partial charge in [-0.25, -0.2) is 4.68 Å². The molecule has 1 N–H and O–H groups in total. The number of aryl methyl sites for hydroxylation is 1. The zero-order valence-electron chi connectivity index (χ0n) is 11.5. The van der Waals surface area contributed by atoms with Crippen LogP contribution in [0.5, 0.6) is 5.88 Å². The molecule has 0 bridgehead atoms. The summed E-state index contributed by atoms with van der Waals surface area (Å²) in [5.41, 5.74) is 0.386. The van der Waals surface area contributed by atoms with E-state index in [0.717, 1.165) is 25.9 Å². The normalized spacial score (nSPS) is 19.7. The minimum atomic E-state index is -0.410. The van der Waals surface area contributed by atoms with Gasteiger partial charge in [0.2, 0.25) is 0 Å². The summed E-state index contributed by atoms with van der Waals surface area (Å²) in [5.74, 6) is 0.284. The van der Waals surface area contributed by atoms with E-state index in [1.165, 1.54) is 0 Å². The summed E-state index contributed by atoms with van der Waals surface area (Å²) in [6.07, 6.45) is 1.90. The van der Waals surface area contributed by atoms with E-state index >= 15 is 0 Å². The maximum Gasteiger partial charge on any atom is 0.353 e. The van der Waals surface area contributed by atoms with E-state index < -0.39 is 4.92 Å². The molecule has 2 rings (SSSR count). The molecule has 0 amide bonds. The highest BCUT2D eigenvalue weighted by Crippen LogP contribution is 2.34. The second-order valence-electron chi connectivity index (χ2n) is 5.12. The zero-order chi connectivity index (χ0) is 14.0. The van der Waals surface area contributed by atoms with Crippen molar-refractivity contribution in [2.75, 3.05) is 13.1 Å². The third-order valence-electron chi connectivity index (χ3n) is 3.21. The highest BCUT2D eigenvalue weighted by Gasteiger charge is 2.30. The van der Waals surface area contributed by atoms with E-state index in [0.29, 0.717) is 5.69 Å². The molecule has 106 valence electrons. The molecule has 7 nitrogen and oxygen atoms in total. The lowest BCUT2D eigenvalue weighted by atomic mass is 10.1. The van der Waals surface area contributed by atoms with Crippen molar-refractivity contribution in [2.45, 2.75) is 45.8 Å². The minimum absolute atomic E-state index is 0.0146. The summed E-state index contributed by atoms with van der Waals surface area (Å²) in [7, 11) is 0. The van der Waals surface area contributed by atoms with Gasteiger partial charge in [-0.15, -0.1) is 0 Å². The van der Waals surface area contributed by atoms with Crippen molar-refractivity contribution in [1.29, 1.82) is 0 Å². The summed E-state index contributed by atoms with van der Waals surface area (Å²) in [5, 5.41) is 18.6. The molecule has 1 aromatic heterocycles. The number of hydrogen-bond acceptors (Lipinski definition) is 5. The van der Waals surface area contributed by atoms with Crippen LogP contribution in [0, 0.1) is 17.0 Å². The van der Waals surface area contributed by atoms with Gasteiger partial charge in [-0.1, -0.05) is 0 Å². The summed E-state index contributed by atoms with van der Waals surface area (Å²) < 4.78 is 7.46. The van der Waals surface area contributed by atoms with Gasteiger partial charge in [0.15, 0.2) is 0 Å². The Morgan fingerprint density at radius 3 is 2.84 bits per heavy atom. The molecule has 0 aromatic carbocycles. The van der Waals surface area contributed by atoms with Gasteiger partial charge in [-0.2, -0.15) is 5.10 Å². The van der Waals surface area contributed by atoms with Crippen LogP contribution >= 0.6 is 0 Å². The van der Waals surface area contributed by atoms with Crippen LogP contribution in [0.1, 0.15) is 38.4 Å². The van der Waals surface area contributed by atoms with Crippen LogP contribution < -0.4 is 10.1 Å². The van der Waals surface area contributed by atoms with E-state index in [9.17, 15) is 10.1 Å². The lowest BCUT2D eigenvalue weighted by Crippen LogP contribution is -2.37. The molecule has 0 saturated carbocycles. The van der Waals surface area contributed by atoms with Crippen LogP contribution in [0.25, 0.3) is 0 Å². The third kappa shape index (κ3) is 2.86. The van der Waals surface area contributed by atoms with Crippen LogP contribution in [0.3, 0.4) is 0 Å². The van der Waals surface area contributed by atoms with Gasteiger partial charge in [0.25, 0.3) is 5.88 Å². The highest BCUT2D eigenvalue weighted by atomic mass is 16.6. The molecule has 0 radical (unpaired) electrons. The average molecular weight is 268 g/mol. The lowest BCUT2D eigenvalue weighted by molar-refractivity contribution is -0.386. The molecule has 0 spiro atoms. The standard InChI is InChI=1S/C12H20N4O3/c1-8(2)15-12(11(16(17)18)9(3)14-15)19-10-5-4-6-13-7-10/h8,10,13H,4-7H2,1-3H3. The van der Waals surface area contributed by atoms with E-state index in [-0.39, 0.29) is 23.7 Å². The fourth-order valence-electron chi connectivity index (χ4n) is 2.27. The van der Waals surface area contributed by atoms with Crippen molar-refractivity contribution >= 4 is 5.69 Å². The molecule has 1 aliphatic rings. The largest absolute Gasteiger partial charge is 0.468 e. The van der Waals surface area contributed by atoms with Gasteiger partial charge < -0.3 is 10.1 Å². The zero-order valence-corrected chi connectivity index (χ0v) is 11.5. The van der Waals surface area contributed by atoms with Crippen LogP contribution in [0.2, 0.25) is 0 Å². The van der Waals surface area contributed by atoms with Gasteiger partial charge in [-0.05, 0) is 40.2 Å². The minimum Gasteiger partial charge on any atom is -0.468 e. The summed E-state index contributed by atoms with van der Waals surface area (Å²) in [4.78, 5) is 10.8. The van der Waals surface area contributed by atoms with E-state index in [4.69, 9.17) is 4.74 Å². The van der Waals surface area contributed by atoms with Crippen LogP contribution in [-0.2, 0) is 0 Å². The number of aromatic nitrogens is 2. The monoisotopic (exact) mass is 268 g/mol. The smallest absolute Gasteiger partial charge is 0.353 e. The van der Waals surface area contributed by atoms with Crippen molar-refractivity contribution in [1.82, 2.24) is 15.1 Å². The maximum absolute atomic E-state index is 11.2. The summed E-state index contributed by atoms with van der Waals surface area (Å²) in [6, 6.07) is 0.0268. The van der Waals surface area contributed by atoms with Crippen molar-refractivity contribution in [3.05, 3.63) is 15.8 Å². The molecule has 1 saturated heterocycles. The number of rotatable bonds is 4. The van der Waals surface area contributed by atoms with Gasteiger partial charge in [0.1, 0.15) is 11.8 Å². The number of nitrogens with zero attached hydrogens (tertiary/aromatic N) is 3. The highest BCUT2D eigenvalue weighted by molar-refractivity contribution is 5.46. The SMILES string of the molecule is Cc1nn(C(C)C)c(OC2CCCNC2)c1[N+](=O)[O-]. The fourth-order valence-corrected chi connectivity index (χ4v) is 2.27. The Balaban J connectivity index is 2.32. The van der Waals surface area contributed by atoms with Crippen LogP contribution in [0.4, 0.5) is 5.69 Å². The molecule has 2 heterocycles. The Bertz CT molecular complexity index is 464. The van der Waals surface area contributed by atoms with E-state index in [1.807, 2.05) is 13.8 Å². The molecular formula is C12H20N4O3. The van der Waals surface area contributed by atoms with Crippen LogP contribution in [-0.4, -0.2) is 33.9 Å². The first-order chi connectivity index (χ1) is 9.00. The Kier molecular flexibility index (Phi) is 4.04. The van der Waals surface area contributed by atoms with Crippen molar-refractivity contribution in [2.24, 2.45) is 0 Å². The lowest BCUT2D eigenvalue weighted by Gasteiger charge is -2.24. The molecule has 7 heteroatoms. The molecule has 1 atom stereocenters. The predicted octanol–water partition coefficient (Wildman–Crippen LogP) is 1.81. The van der Waals surface area contributed by atoms with Crippen LogP contribution in [0.15, 0.2) is 0 Å². The Hall–Kier alpha value is -1.63. The quantitative estimate of drug-likeness (QED) is 0.665. The Labute approximate surface area is 112 Å². The number of hydrogen-bond donors (Lipinski definition) is 1.